The van der Waals surface area contributed by atoms with Crippen LogP contribution >= 0.6 is 0 Å². The number of carbonyl (C=O) groups excluding carboxylic acids is 1. The summed E-state index contributed by atoms with van der Waals surface area (Å²) in [5, 5.41) is 10.9. The van der Waals surface area contributed by atoms with Crippen LogP contribution in [0.1, 0.15) is 50.2 Å². The van der Waals surface area contributed by atoms with Gasteiger partial charge in [0.05, 0.1) is 16.9 Å². The molecular weight excluding hydrogens is 300 g/mol. The average molecular weight is 328 g/mol. The number of para-hydroxylation sites is 1. The van der Waals surface area contributed by atoms with E-state index in [9.17, 15) is 4.79 Å². The summed E-state index contributed by atoms with van der Waals surface area (Å²) in [5.41, 5.74) is 2.20. The molecule has 0 saturated carbocycles. The molecule has 5 heteroatoms. The second-order valence-electron chi connectivity index (χ2n) is 6.93. The maximum atomic E-state index is 12.6. The summed E-state index contributed by atoms with van der Waals surface area (Å²) in [6.45, 7) is 10.7. The normalized spacial score (nSPS) is 11.5. The molecule has 0 aliphatic carbocycles. The lowest BCUT2D eigenvalue weighted by Gasteiger charge is -2.17. The van der Waals surface area contributed by atoms with E-state index in [4.69, 9.17) is 0 Å². The Labute approximate surface area is 144 Å². The van der Waals surface area contributed by atoms with E-state index in [2.05, 4.69) is 43.4 Å². The second kappa shape index (κ2) is 8.11. The van der Waals surface area contributed by atoms with Gasteiger partial charge in [0.15, 0.2) is 0 Å². The Hall–Kier alpha value is -2.14. The lowest BCUT2D eigenvalue weighted by atomic mass is 9.89. The SMILES string of the molecule is CCCNCCNC(=O)c1cn(-c2ccccc2)nc1C(C)(C)C. The van der Waals surface area contributed by atoms with E-state index in [1.54, 1.807) is 4.68 Å². The molecule has 0 aliphatic heterocycles. The topological polar surface area (TPSA) is 58.9 Å². The molecule has 0 saturated heterocycles. The maximum absolute atomic E-state index is 12.6. The number of nitrogens with zero attached hydrogens (tertiary/aromatic N) is 2. The molecule has 1 amide bonds. The number of nitrogens with one attached hydrogen (secondary N) is 2. The number of hydrogen-bond acceptors (Lipinski definition) is 3. The minimum atomic E-state index is -0.201. The van der Waals surface area contributed by atoms with Crippen LogP contribution in [0.4, 0.5) is 0 Å². The number of benzene rings is 1. The standard InChI is InChI=1S/C19H28N4O/c1-5-11-20-12-13-21-18(24)16-14-23(15-9-7-6-8-10-15)22-17(16)19(2,3)4/h6-10,14,20H,5,11-13H2,1-4H3,(H,21,24). The van der Waals surface area contributed by atoms with Crippen molar-refractivity contribution in [1.82, 2.24) is 20.4 Å². The first-order valence-corrected chi connectivity index (χ1v) is 8.58. The molecule has 0 fully saturated rings. The average Bonchev–Trinajstić information content (AvgIpc) is 3.01. The van der Waals surface area contributed by atoms with Crippen molar-refractivity contribution in [3.05, 3.63) is 47.8 Å². The van der Waals surface area contributed by atoms with E-state index >= 15 is 0 Å². The van der Waals surface area contributed by atoms with Crippen LogP contribution in [0.15, 0.2) is 36.5 Å². The van der Waals surface area contributed by atoms with Gasteiger partial charge in [-0.3, -0.25) is 4.79 Å². The molecule has 2 rings (SSSR count). The zero-order valence-corrected chi connectivity index (χ0v) is 15.1. The van der Waals surface area contributed by atoms with E-state index in [0.717, 1.165) is 30.9 Å². The van der Waals surface area contributed by atoms with Crippen molar-refractivity contribution in [3.63, 3.8) is 0 Å². The number of hydrogen-bond donors (Lipinski definition) is 2. The molecule has 0 aliphatic rings. The van der Waals surface area contributed by atoms with Gasteiger partial charge in [0.1, 0.15) is 0 Å². The van der Waals surface area contributed by atoms with Gasteiger partial charge in [0.25, 0.3) is 5.91 Å². The number of aromatic nitrogens is 2. The van der Waals surface area contributed by atoms with E-state index in [-0.39, 0.29) is 11.3 Å². The van der Waals surface area contributed by atoms with Gasteiger partial charge < -0.3 is 10.6 Å². The molecular formula is C19H28N4O. The van der Waals surface area contributed by atoms with E-state index in [0.29, 0.717) is 12.1 Å². The lowest BCUT2D eigenvalue weighted by Crippen LogP contribution is -2.33. The van der Waals surface area contributed by atoms with Crippen LogP contribution in [0.25, 0.3) is 5.69 Å². The van der Waals surface area contributed by atoms with Crippen LogP contribution in [0.5, 0.6) is 0 Å². The molecule has 2 aromatic rings. The fourth-order valence-corrected chi connectivity index (χ4v) is 2.47. The predicted octanol–water partition coefficient (Wildman–Crippen LogP) is 2.90. The van der Waals surface area contributed by atoms with Gasteiger partial charge in [-0.25, -0.2) is 4.68 Å². The third-order valence-electron chi connectivity index (χ3n) is 3.70. The largest absolute Gasteiger partial charge is 0.351 e. The highest BCUT2D eigenvalue weighted by Crippen LogP contribution is 2.25. The van der Waals surface area contributed by atoms with Crippen LogP contribution in [0, 0.1) is 0 Å². The molecule has 0 spiro atoms. The fraction of sp³-hybridized carbons (Fsp3) is 0.474. The molecule has 5 nitrogen and oxygen atoms in total. The van der Waals surface area contributed by atoms with E-state index in [1.807, 2.05) is 36.5 Å². The molecule has 0 unspecified atom stereocenters. The Morgan fingerprint density at radius 2 is 1.83 bits per heavy atom. The highest BCUT2D eigenvalue weighted by atomic mass is 16.1. The summed E-state index contributed by atoms with van der Waals surface area (Å²) in [7, 11) is 0. The van der Waals surface area contributed by atoms with Crippen LogP contribution in [0.3, 0.4) is 0 Å². The van der Waals surface area contributed by atoms with Crippen molar-refractivity contribution in [3.8, 4) is 5.69 Å². The van der Waals surface area contributed by atoms with Gasteiger partial charge >= 0.3 is 0 Å². The monoisotopic (exact) mass is 328 g/mol. The fourth-order valence-electron chi connectivity index (χ4n) is 2.47. The lowest BCUT2D eigenvalue weighted by molar-refractivity contribution is 0.0951. The first-order chi connectivity index (χ1) is 11.4. The predicted molar refractivity (Wildman–Crippen MR) is 97.8 cm³/mol. The Morgan fingerprint density at radius 3 is 2.46 bits per heavy atom. The Morgan fingerprint density at radius 1 is 1.12 bits per heavy atom. The molecule has 24 heavy (non-hydrogen) atoms. The zero-order valence-electron chi connectivity index (χ0n) is 15.1. The van der Waals surface area contributed by atoms with Crippen molar-refractivity contribution < 1.29 is 4.79 Å². The number of carbonyl (C=O) groups is 1. The Bertz CT molecular complexity index is 656. The summed E-state index contributed by atoms with van der Waals surface area (Å²) in [6.07, 6.45) is 2.91. The minimum Gasteiger partial charge on any atom is -0.351 e. The zero-order chi connectivity index (χ0) is 17.6. The van der Waals surface area contributed by atoms with Crippen LogP contribution in [-0.2, 0) is 5.41 Å². The van der Waals surface area contributed by atoms with Gasteiger partial charge in [-0.1, -0.05) is 45.9 Å². The van der Waals surface area contributed by atoms with Crippen molar-refractivity contribution in [2.75, 3.05) is 19.6 Å². The van der Waals surface area contributed by atoms with Gasteiger partial charge in [-0.15, -0.1) is 0 Å². The molecule has 1 aromatic carbocycles. The van der Waals surface area contributed by atoms with Gasteiger partial charge in [-0.2, -0.15) is 5.10 Å². The molecule has 1 heterocycles. The second-order valence-corrected chi connectivity index (χ2v) is 6.93. The van der Waals surface area contributed by atoms with Crippen molar-refractivity contribution in [1.29, 1.82) is 0 Å². The highest BCUT2D eigenvalue weighted by molar-refractivity contribution is 5.95. The molecule has 0 bridgehead atoms. The van der Waals surface area contributed by atoms with Crippen molar-refractivity contribution >= 4 is 5.91 Å². The van der Waals surface area contributed by atoms with Gasteiger partial charge in [0.2, 0.25) is 0 Å². The maximum Gasteiger partial charge on any atom is 0.254 e. The third-order valence-corrected chi connectivity index (χ3v) is 3.70. The summed E-state index contributed by atoms with van der Waals surface area (Å²) in [6, 6.07) is 9.86. The van der Waals surface area contributed by atoms with Crippen molar-refractivity contribution in [2.45, 2.75) is 39.5 Å². The first-order valence-electron chi connectivity index (χ1n) is 8.58. The van der Waals surface area contributed by atoms with Gasteiger partial charge in [0, 0.05) is 24.7 Å². The molecule has 0 radical (unpaired) electrons. The molecule has 0 atom stereocenters. The van der Waals surface area contributed by atoms with Crippen molar-refractivity contribution in [2.24, 2.45) is 0 Å². The highest BCUT2D eigenvalue weighted by Gasteiger charge is 2.26. The molecule has 130 valence electrons. The number of amides is 1. The van der Waals surface area contributed by atoms with Crippen LogP contribution in [0.2, 0.25) is 0 Å². The minimum absolute atomic E-state index is 0.0691. The van der Waals surface area contributed by atoms with Crippen LogP contribution in [-0.4, -0.2) is 35.3 Å². The third kappa shape index (κ3) is 4.68. The number of rotatable bonds is 7. The summed E-state index contributed by atoms with van der Waals surface area (Å²) in [4.78, 5) is 12.6. The summed E-state index contributed by atoms with van der Waals surface area (Å²) in [5.74, 6) is -0.0691. The van der Waals surface area contributed by atoms with E-state index in [1.165, 1.54) is 0 Å². The summed E-state index contributed by atoms with van der Waals surface area (Å²) < 4.78 is 1.78. The molecule has 2 N–H and O–H groups in total. The van der Waals surface area contributed by atoms with Crippen LogP contribution < -0.4 is 10.6 Å². The van der Waals surface area contributed by atoms with E-state index < -0.39 is 0 Å². The Kier molecular flexibility index (Phi) is 6.15. The summed E-state index contributed by atoms with van der Waals surface area (Å²) >= 11 is 0. The van der Waals surface area contributed by atoms with Gasteiger partial charge in [-0.05, 0) is 25.1 Å². The smallest absolute Gasteiger partial charge is 0.254 e. The first kappa shape index (κ1) is 18.2. The quantitative estimate of drug-likeness (QED) is 0.768. The molecule has 1 aromatic heterocycles. The Balaban J connectivity index is 2.18.